The average molecular weight is 654 g/mol. The number of nitrogens with one attached hydrogen (secondary N) is 1. The molecule has 0 radical (unpaired) electrons. The van der Waals surface area contributed by atoms with Crippen molar-refractivity contribution in [1.29, 1.82) is 0 Å². The van der Waals surface area contributed by atoms with Crippen LogP contribution in [0.4, 0.5) is 5.69 Å². The molecule has 0 amide bonds. The van der Waals surface area contributed by atoms with Crippen molar-refractivity contribution >= 4 is 38.3 Å². The first-order chi connectivity index (χ1) is 25.3. The van der Waals surface area contributed by atoms with Gasteiger partial charge in [0, 0.05) is 22.1 Å². The molecule has 0 saturated carbocycles. The third-order valence-electron chi connectivity index (χ3n) is 10.5. The largest absolute Gasteiger partial charge is 0.332 e. The zero-order chi connectivity index (χ0) is 33.7. The van der Waals surface area contributed by atoms with Crippen LogP contribution in [0.25, 0.3) is 60.5 Å². The van der Waals surface area contributed by atoms with Crippen LogP contribution in [-0.2, 0) is 0 Å². The number of hydrogen-bond acceptors (Lipinski definition) is 2. The van der Waals surface area contributed by atoms with Gasteiger partial charge < -0.3 is 9.47 Å². The highest BCUT2D eigenvalue weighted by Gasteiger charge is 2.40. The molecule has 0 spiro atoms. The van der Waals surface area contributed by atoms with Gasteiger partial charge in [0.05, 0.1) is 11.0 Å². The van der Waals surface area contributed by atoms with E-state index in [-0.39, 0.29) is 12.3 Å². The van der Waals surface area contributed by atoms with Crippen LogP contribution in [0.3, 0.4) is 0 Å². The molecule has 1 saturated heterocycles. The van der Waals surface area contributed by atoms with Gasteiger partial charge in [0.15, 0.2) is 0 Å². The van der Waals surface area contributed by atoms with Gasteiger partial charge in [-0.2, -0.15) is 0 Å². The summed E-state index contributed by atoms with van der Waals surface area (Å²) in [5.41, 5.74) is 12.2. The molecule has 3 heteroatoms. The van der Waals surface area contributed by atoms with Crippen LogP contribution < -0.4 is 10.2 Å². The molecule has 2 heterocycles. The van der Waals surface area contributed by atoms with E-state index in [0.717, 1.165) is 5.69 Å². The normalized spacial score (nSPS) is 15.7. The molecular weight excluding hydrogens is 619 g/mol. The Balaban J connectivity index is 1.07. The summed E-state index contributed by atoms with van der Waals surface area (Å²) >= 11 is 0. The fraction of sp³-hybridized carbons (Fsp3) is 0.0417. The standard InChI is InChI=1S/C48H35N3/c1-4-14-33(15-5-1)36-24-31-46-44(32-36)42-22-12-13-23-45(42)50(46)37-25-27-38(28-26-37)51-47(35-18-8-3-9-19-35)49-48(51)43-30-29-39(34-16-6-2-7-17-34)40-20-10-11-21-41(40)43/h1-32,47-49H. The maximum Gasteiger partial charge on any atom is 0.110 e. The zero-order valence-corrected chi connectivity index (χ0v) is 28.0. The van der Waals surface area contributed by atoms with Crippen molar-refractivity contribution in [3.05, 3.63) is 205 Å². The predicted octanol–water partition coefficient (Wildman–Crippen LogP) is 12.1. The second-order valence-electron chi connectivity index (χ2n) is 13.4. The summed E-state index contributed by atoms with van der Waals surface area (Å²) < 4.78 is 2.40. The molecule has 1 aromatic heterocycles. The predicted molar refractivity (Wildman–Crippen MR) is 213 cm³/mol. The summed E-state index contributed by atoms with van der Waals surface area (Å²) in [4.78, 5) is 2.53. The first-order valence-corrected chi connectivity index (χ1v) is 17.7. The quantitative estimate of drug-likeness (QED) is 0.193. The highest BCUT2D eigenvalue weighted by atomic mass is 15.5. The summed E-state index contributed by atoms with van der Waals surface area (Å²) in [6.07, 6.45) is 0.0692. The number of benzene rings is 8. The summed E-state index contributed by atoms with van der Waals surface area (Å²) in [5, 5.41) is 9.00. The van der Waals surface area contributed by atoms with Crippen molar-refractivity contribution in [2.75, 3.05) is 4.90 Å². The van der Waals surface area contributed by atoms with E-state index in [1.165, 1.54) is 71.6 Å². The van der Waals surface area contributed by atoms with Gasteiger partial charge >= 0.3 is 0 Å². The van der Waals surface area contributed by atoms with E-state index in [4.69, 9.17) is 0 Å². The molecule has 2 unspecified atom stereocenters. The summed E-state index contributed by atoms with van der Waals surface area (Å²) in [5.74, 6) is 0. The third-order valence-corrected chi connectivity index (χ3v) is 10.5. The van der Waals surface area contributed by atoms with Crippen molar-refractivity contribution < 1.29 is 0 Å². The Kier molecular flexibility index (Phi) is 7.04. The number of rotatable bonds is 6. The molecule has 8 aromatic carbocycles. The van der Waals surface area contributed by atoms with Gasteiger partial charge in [-0.3, -0.25) is 5.32 Å². The number of anilines is 1. The van der Waals surface area contributed by atoms with Gasteiger partial charge in [-0.15, -0.1) is 0 Å². The van der Waals surface area contributed by atoms with E-state index in [1.807, 2.05) is 0 Å². The topological polar surface area (TPSA) is 20.2 Å². The van der Waals surface area contributed by atoms with E-state index in [0.29, 0.717) is 0 Å². The second-order valence-corrected chi connectivity index (χ2v) is 13.4. The third kappa shape index (κ3) is 4.93. The lowest BCUT2D eigenvalue weighted by Gasteiger charge is -2.52. The maximum absolute atomic E-state index is 3.94. The minimum absolute atomic E-state index is 0.0143. The van der Waals surface area contributed by atoms with Crippen LogP contribution >= 0.6 is 0 Å². The number of aromatic nitrogens is 1. The molecule has 9 aromatic rings. The smallest absolute Gasteiger partial charge is 0.110 e. The van der Waals surface area contributed by atoms with Crippen molar-refractivity contribution in [1.82, 2.24) is 9.88 Å². The highest BCUT2D eigenvalue weighted by molar-refractivity contribution is 6.10. The fourth-order valence-electron chi connectivity index (χ4n) is 8.07. The Labute approximate surface area is 297 Å². The van der Waals surface area contributed by atoms with Crippen LogP contribution in [0, 0.1) is 0 Å². The molecule has 10 rings (SSSR count). The van der Waals surface area contributed by atoms with E-state index < -0.39 is 0 Å². The molecule has 3 nitrogen and oxygen atoms in total. The fourth-order valence-corrected chi connectivity index (χ4v) is 8.07. The first-order valence-electron chi connectivity index (χ1n) is 17.7. The Hall–Kier alpha value is -6.42. The zero-order valence-electron chi connectivity index (χ0n) is 28.0. The molecule has 1 aliphatic rings. The monoisotopic (exact) mass is 653 g/mol. The van der Waals surface area contributed by atoms with E-state index in [9.17, 15) is 0 Å². The van der Waals surface area contributed by atoms with Crippen LogP contribution in [0.1, 0.15) is 23.5 Å². The van der Waals surface area contributed by atoms with Gasteiger partial charge in [-0.25, -0.2) is 0 Å². The Morgan fingerprint density at radius 2 is 0.961 bits per heavy atom. The molecule has 51 heavy (non-hydrogen) atoms. The van der Waals surface area contributed by atoms with Gasteiger partial charge in [0.25, 0.3) is 0 Å². The van der Waals surface area contributed by atoms with Crippen molar-refractivity contribution in [2.24, 2.45) is 0 Å². The van der Waals surface area contributed by atoms with E-state index in [1.54, 1.807) is 0 Å². The van der Waals surface area contributed by atoms with Gasteiger partial charge in [-0.1, -0.05) is 152 Å². The van der Waals surface area contributed by atoms with Gasteiger partial charge in [-0.05, 0) is 86.6 Å². The molecule has 2 atom stereocenters. The Bertz CT molecular complexity index is 2660. The molecule has 0 aliphatic carbocycles. The lowest BCUT2D eigenvalue weighted by atomic mass is 9.91. The number of nitrogens with zero attached hydrogens (tertiary/aromatic N) is 2. The van der Waals surface area contributed by atoms with Crippen LogP contribution in [0.15, 0.2) is 194 Å². The SMILES string of the molecule is c1ccc(-c2ccc3c(c2)c2ccccc2n3-c2ccc(N3C(c4ccccc4)NC3c3ccc(-c4ccccc4)c4ccccc34)cc2)cc1. The molecule has 1 aliphatic heterocycles. The second kappa shape index (κ2) is 12.2. The Morgan fingerprint density at radius 1 is 0.373 bits per heavy atom. The average Bonchev–Trinajstić information content (AvgIpc) is 3.53. The van der Waals surface area contributed by atoms with E-state index in [2.05, 4.69) is 209 Å². The lowest BCUT2D eigenvalue weighted by molar-refractivity contribution is 0.278. The van der Waals surface area contributed by atoms with Crippen molar-refractivity contribution in [2.45, 2.75) is 12.3 Å². The number of hydrogen-bond donors (Lipinski definition) is 1. The number of para-hydroxylation sites is 1. The maximum atomic E-state index is 3.94. The molecule has 242 valence electrons. The van der Waals surface area contributed by atoms with Crippen LogP contribution in [0.2, 0.25) is 0 Å². The molecule has 1 N–H and O–H groups in total. The van der Waals surface area contributed by atoms with Crippen molar-refractivity contribution in [3.63, 3.8) is 0 Å². The summed E-state index contributed by atoms with van der Waals surface area (Å²) in [6, 6.07) is 70.3. The molecular formula is C48H35N3. The van der Waals surface area contributed by atoms with E-state index >= 15 is 0 Å². The number of fused-ring (bicyclic) bond motifs is 4. The summed E-state index contributed by atoms with van der Waals surface area (Å²) in [7, 11) is 0. The van der Waals surface area contributed by atoms with Gasteiger partial charge in [0.2, 0.25) is 0 Å². The molecule has 0 bridgehead atoms. The highest BCUT2D eigenvalue weighted by Crippen LogP contribution is 2.45. The first kappa shape index (κ1) is 29.5. The minimum Gasteiger partial charge on any atom is -0.332 e. The van der Waals surface area contributed by atoms with Crippen LogP contribution in [-0.4, -0.2) is 4.57 Å². The minimum atomic E-state index is 0.0143. The van der Waals surface area contributed by atoms with Gasteiger partial charge in [0.1, 0.15) is 12.3 Å². The molecule has 1 fully saturated rings. The van der Waals surface area contributed by atoms with Crippen molar-refractivity contribution in [3.8, 4) is 27.9 Å². The summed E-state index contributed by atoms with van der Waals surface area (Å²) in [6.45, 7) is 0. The lowest BCUT2D eigenvalue weighted by Crippen LogP contribution is -2.57. The Morgan fingerprint density at radius 3 is 1.71 bits per heavy atom. The van der Waals surface area contributed by atoms with Crippen LogP contribution in [0.5, 0.6) is 0 Å².